The van der Waals surface area contributed by atoms with E-state index in [9.17, 15) is 13.6 Å². The summed E-state index contributed by atoms with van der Waals surface area (Å²) in [7, 11) is 0. The van der Waals surface area contributed by atoms with Crippen LogP contribution in [0.5, 0.6) is 0 Å². The molecule has 10 heteroatoms. The average Bonchev–Trinajstić information content (AvgIpc) is 3.46. The van der Waals surface area contributed by atoms with E-state index < -0.39 is 5.91 Å². The number of amides is 1. The third-order valence-electron chi connectivity index (χ3n) is 5.35. The number of hydrogen-bond acceptors (Lipinski definition) is 5. The first-order chi connectivity index (χ1) is 17.1. The van der Waals surface area contributed by atoms with Crippen molar-refractivity contribution in [1.29, 1.82) is 0 Å². The van der Waals surface area contributed by atoms with Gasteiger partial charge in [0.05, 0.1) is 12.8 Å². The van der Waals surface area contributed by atoms with E-state index in [1.54, 1.807) is 18.2 Å². The minimum absolute atomic E-state index is 0.194. The van der Waals surface area contributed by atoms with Gasteiger partial charge < -0.3 is 4.57 Å². The molecule has 5 aromatic rings. The number of benzene rings is 3. The highest BCUT2D eigenvalue weighted by Gasteiger charge is 2.11. The van der Waals surface area contributed by atoms with Crippen LogP contribution < -0.4 is 5.43 Å². The number of para-hydroxylation sites is 1. The summed E-state index contributed by atoms with van der Waals surface area (Å²) in [6.07, 6.45) is 3.40. The van der Waals surface area contributed by atoms with Crippen LogP contribution in [0.25, 0.3) is 22.3 Å². The number of hydrogen-bond donors (Lipinski definition) is 1. The molecule has 2 heterocycles. The molecular weight excluding hydrogens is 452 g/mol. The Bertz CT molecular complexity index is 1520. The fourth-order valence-electron chi connectivity index (χ4n) is 3.68. The fourth-order valence-corrected chi connectivity index (χ4v) is 3.68. The fraction of sp³-hybridized carbons (Fsp3) is 0.0800. The lowest BCUT2D eigenvalue weighted by Gasteiger charge is -2.06. The Labute approximate surface area is 198 Å². The highest BCUT2D eigenvalue weighted by Crippen LogP contribution is 2.22. The molecule has 2 aromatic heterocycles. The Balaban J connectivity index is 1.27. The van der Waals surface area contributed by atoms with E-state index in [-0.39, 0.29) is 24.0 Å². The summed E-state index contributed by atoms with van der Waals surface area (Å²) < 4.78 is 29.2. The summed E-state index contributed by atoms with van der Waals surface area (Å²) in [6, 6.07) is 20.0. The molecule has 8 nitrogen and oxygen atoms in total. The molecule has 0 radical (unpaired) electrons. The summed E-state index contributed by atoms with van der Waals surface area (Å²) in [4.78, 5) is 13.4. The maximum atomic E-state index is 14.1. The molecule has 0 saturated carbocycles. The molecule has 1 amide bonds. The van der Waals surface area contributed by atoms with E-state index in [4.69, 9.17) is 0 Å². The molecule has 1 N–H and O–H groups in total. The van der Waals surface area contributed by atoms with Gasteiger partial charge in [-0.3, -0.25) is 4.79 Å². The summed E-state index contributed by atoms with van der Waals surface area (Å²) in [6.45, 7) is 0.169. The molecule has 5 rings (SSSR count). The third kappa shape index (κ3) is 4.96. The van der Waals surface area contributed by atoms with Crippen molar-refractivity contribution in [2.45, 2.75) is 13.1 Å². The number of rotatable bonds is 7. The van der Waals surface area contributed by atoms with Crippen LogP contribution in [0.2, 0.25) is 0 Å². The van der Waals surface area contributed by atoms with E-state index >= 15 is 0 Å². The maximum absolute atomic E-state index is 14.1. The Kier molecular flexibility index (Phi) is 6.08. The summed E-state index contributed by atoms with van der Waals surface area (Å²) in [5, 5.41) is 16.8. The molecule has 174 valence electrons. The predicted molar refractivity (Wildman–Crippen MR) is 126 cm³/mol. The number of aromatic nitrogens is 5. The van der Waals surface area contributed by atoms with Crippen molar-refractivity contribution in [3.63, 3.8) is 0 Å². The van der Waals surface area contributed by atoms with Gasteiger partial charge in [0.1, 0.15) is 18.2 Å². The van der Waals surface area contributed by atoms with Gasteiger partial charge in [-0.25, -0.2) is 14.2 Å². The Hall–Kier alpha value is -4.73. The van der Waals surface area contributed by atoms with Crippen LogP contribution in [0, 0.1) is 11.6 Å². The van der Waals surface area contributed by atoms with Gasteiger partial charge >= 0.3 is 0 Å². The van der Waals surface area contributed by atoms with Crippen molar-refractivity contribution in [3.8, 4) is 11.4 Å². The van der Waals surface area contributed by atoms with Gasteiger partial charge in [0.2, 0.25) is 5.82 Å². The number of nitrogens with zero attached hydrogens (tertiary/aromatic N) is 6. The smallest absolute Gasteiger partial charge is 0.263 e. The van der Waals surface area contributed by atoms with Gasteiger partial charge in [-0.1, -0.05) is 36.4 Å². The second-order valence-electron chi connectivity index (χ2n) is 7.76. The minimum atomic E-state index is -0.445. The molecule has 0 aliphatic carbocycles. The van der Waals surface area contributed by atoms with E-state index in [0.717, 1.165) is 21.3 Å². The molecule has 0 aliphatic heterocycles. The number of nitrogens with one attached hydrogen (secondary N) is 1. The molecule has 35 heavy (non-hydrogen) atoms. The zero-order valence-corrected chi connectivity index (χ0v) is 18.3. The third-order valence-corrected chi connectivity index (χ3v) is 5.35. The van der Waals surface area contributed by atoms with Gasteiger partial charge in [-0.2, -0.15) is 9.90 Å². The highest BCUT2D eigenvalue weighted by atomic mass is 19.1. The van der Waals surface area contributed by atoms with Gasteiger partial charge in [0.25, 0.3) is 5.91 Å². The lowest BCUT2D eigenvalue weighted by Crippen LogP contribution is -2.24. The molecule has 0 atom stereocenters. The van der Waals surface area contributed by atoms with Crippen LogP contribution in [0.4, 0.5) is 8.78 Å². The van der Waals surface area contributed by atoms with Crippen LogP contribution in [0.3, 0.4) is 0 Å². The largest absolute Gasteiger partial charge is 0.342 e. The lowest BCUT2D eigenvalue weighted by atomic mass is 10.2. The molecule has 3 aromatic carbocycles. The van der Waals surface area contributed by atoms with Crippen LogP contribution >= 0.6 is 0 Å². The molecule has 0 spiro atoms. The number of tetrazole rings is 1. The number of hydrazone groups is 1. The van der Waals surface area contributed by atoms with Crippen LogP contribution in [-0.2, 0) is 17.9 Å². The second kappa shape index (κ2) is 9.64. The lowest BCUT2D eigenvalue weighted by molar-refractivity contribution is -0.122. The zero-order chi connectivity index (χ0) is 24.2. The zero-order valence-electron chi connectivity index (χ0n) is 18.3. The standard InChI is InChI=1S/C25H19F2N7O/c26-20-11-9-17(10-12-20)25-30-32-34(31-25)16-24(35)29-28-13-19-15-33(23-8-4-2-6-21(19)23)14-18-5-1-3-7-22(18)27/h1-13,15H,14,16H2,(H,29,35)/b28-13-. The van der Waals surface area contributed by atoms with Crippen molar-refractivity contribution >= 4 is 23.0 Å². The van der Waals surface area contributed by atoms with Crippen LogP contribution in [-0.4, -0.2) is 36.9 Å². The second-order valence-corrected chi connectivity index (χ2v) is 7.76. The number of carbonyl (C=O) groups is 1. The quantitative estimate of drug-likeness (QED) is 0.289. The summed E-state index contributed by atoms with van der Waals surface area (Å²) >= 11 is 0. The van der Waals surface area contributed by atoms with Crippen molar-refractivity contribution in [2.75, 3.05) is 0 Å². The van der Waals surface area contributed by atoms with Gasteiger partial charge in [0, 0.05) is 33.8 Å². The molecule has 0 aliphatic rings. The monoisotopic (exact) mass is 471 g/mol. The molecule has 0 unspecified atom stereocenters. The van der Waals surface area contributed by atoms with E-state index in [2.05, 4.69) is 25.9 Å². The molecule has 0 saturated heterocycles. The topological polar surface area (TPSA) is 90.0 Å². The van der Waals surface area contributed by atoms with E-state index in [1.807, 2.05) is 35.0 Å². The van der Waals surface area contributed by atoms with Gasteiger partial charge in [-0.15, -0.1) is 10.2 Å². The normalized spacial score (nSPS) is 11.4. The Morgan fingerprint density at radius 2 is 1.77 bits per heavy atom. The van der Waals surface area contributed by atoms with Crippen molar-refractivity contribution < 1.29 is 13.6 Å². The summed E-state index contributed by atoms with van der Waals surface area (Å²) in [5.41, 5.74) is 5.31. The Morgan fingerprint density at radius 3 is 2.60 bits per heavy atom. The number of fused-ring (bicyclic) bond motifs is 1. The van der Waals surface area contributed by atoms with Crippen molar-refractivity contribution in [1.82, 2.24) is 30.2 Å². The van der Waals surface area contributed by atoms with Gasteiger partial charge in [-0.05, 0) is 41.6 Å². The molecule has 0 fully saturated rings. The number of carbonyl (C=O) groups excluding carboxylic acids is 1. The van der Waals surface area contributed by atoms with Crippen LogP contribution in [0.1, 0.15) is 11.1 Å². The number of halogens is 2. The first-order valence-corrected chi connectivity index (χ1v) is 10.7. The first-order valence-electron chi connectivity index (χ1n) is 10.7. The van der Waals surface area contributed by atoms with E-state index in [1.165, 1.54) is 36.5 Å². The Morgan fingerprint density at radius 1 is 1.00 bits per heavy atom. The maximum Gasteiger partial charge on any atom is 0.263 e. The van der Waals surface area contributed by atoms with E-state index in [0.29, 0.717) is 17.7 Å². The highest BCUT2D eigenvalue weighted by molar-refractivity contribution is 5.99. The predicted octanol–water partition coefficient (Wildman–Crippen LogP) is 3.77. The van der Waals surface area contributed by atoms with Gasteiger partial charge in [0.15, 0.2) is 0 Å². The SMILES string of the molecule is O=C(Cn1nnc(-c2ccc(F)cc2)n1)N/N=C\c1cn(Cc2ccccc2F)c2ccccc12. The summed E-state index contributed by atoms with van der Waals surface area (Å²) in [5.74, 6) is -0.797. The minimum Gasteiger partial charge on any atom is -0.342 e. The molecule has 0 bridgehead atoms. The first kappa shape index (κ1) is 22.1. The molecular formula is C25H19F2N7O. The van der Waals surface area contributed by atoms with Crippen LogP contribution in [0.15, 0.2) is 84.1 Å². The average molecular weight is 471 g/mol. The van der Waals surface area contributed by atoms with Crippen molar-refractivity contribution in [2.24, 2.45) is 5.10 Å². The van der Waals surface area contributed by atoms with Crippen molar-refractivity contribution in [3.05, 3.63) is 102 Å².